The molecule has 138 valence electrons. The van der Waals surface area contributed by atoms with Crippen molar-refractivity contribution in [2.75, 3.05) is 6.61 Å². The molecule has 1 aliphatic carbocycles. The predicted octanol–water partition coefficient (Wildman–Crippen LogP) is 2.89. The van der Waals surface area contributed by atoms with Gasteiger partial charge in [0, 0.05) is 6.54 Å². The second-order valence-corrected chi connectivity index (χ2v) is 6.44. The Labute approximate surface area is 148 Å². The smallest absolute Gasteiger partial charge is 0.341 e. The number of amides is 1. The summed E-state index contributed by atoms with van der Waals surface area (Å²) in [6, 6.07) is 7.03. The van der Waals surface area contributed by atoms with Crippen molar-refractivity contribution in [2.45, 2.75) is 64.2 Å². The van der Waals surface area contributed by atoms with Crippen LogP contribution >= 0.6 is 0 Å². The Bertz CT molecular complexity index is 567. The Kier molecular flexibility index (Phi) is 7.73. The molecule has 1 aliphatic rings. The highest BCUT2D eigenvalue weighted by atomic mass is 16.5. The van der Waals surface area contributed by atoms with E-state index in [1.807, 2.05) is 6.07 Å². The van der Waals surface area contributed by atoms with Crippen molar-refractivity contribution in [1.29, 1.82) is 0 Å². The highest BCUT2D eigenvalue weighted by Crippen LogP contribution is 2.21. The van der Waals surface area contributed by atoms with Crippen LogP contribution in [0.25, 0.3) is 0 Å². The third-order valence-corrected chi connectivity index (χ3v) is 4.30. The van der Waals surface area contributed by atoms with Crippen LogP contribution in [0, 0.1) is 0 Å². The normalized spacial score (nSPS) is 16.7. The first kappa shape index (κ1) is 19.2. The van der Waals surface area contributed by atoms with Crippen LogP contribution in [0.4, 0.5) is 0 Å². The minimum atomic E-state index is -1.02. The summed E-state index contributed by atoms with van der Waals surface area (Å²) < 4.78 is 11.0. The van der Waals surface area contributed by atoms with Gasteiger partial charge in [-0.1, -0.05) is 37.8 Å². The number of hydrogen-bond acceptors (Lipinski definition) is 4. The van der Waals surface area contributed by atoms with Gasteiger partial charge in [-0.3, -0.25) is 4.79 Å². The molecular weight excluding hydrogens is 322 g/mol. The third-order valence-electron chi connectivity index (χ3n) is 4.30. The van der Waals surface area contributed by atoms with E-state index in [0.29, 0.717) is 12.3 Å². The molecule has 6 nitrogen and oxygen atoms in total. The molecule has 25 heavy (non-hydrogen) atoms. The number of aliphatic carboxylic acids is 1. The molecule has 6 heteroatoms. The second kappa shape index (κ2) is 10.0. The van der Waals surface area contributed by atoms with Gasteiger partial charge >= 0.3 is 5.97 Å². The van der Waals surface area contributed by atoms with Crippen molar-refractivity contribution in [3.63, 3.8) is 0 Å². The van der Waals surface area contributed by atoms with Gasteiger partial charge in [0.2, 0.25) is 5.91 Å². The summed E-state index contributed by atoms with van der Waals surface area (Å²) in [5, 5.41) is 11.5. The Morgan fingerprint density at radius 1 is 1.24 bits per heavy atom. The Hall–Kier alpha value is -2.08. The molecule has 1 unspecified atom stereocenters. The molecular formula is C19H27NO5. The summed E-state index contributed by atoms with van der Waals surface area (Å²) in [5.41, 5.74) is 0.845. The van der Waals surface area contributed by atoms with Gasteiger partial charge in [0.15, 0.2) is 6.61 Å². The lowest BCUT2D eigenvalue weighted by Gasteiger charge is -2.20. The SMILES string of the molecule is CC(OC1CCCCCC1)C(=O)NCc1cccc(OCC(=O)O)c1. The Morgan fingerprint density at radius 2 is 1.96 bits per heavy atom. The molecule has 0 bridgehead atoms. The van der Waals surface area contributed by atoms with Crippen LogP contribution in [-0.4, -0.2) is 35.8 Å². The van der Waals surface area contributed by atoms with Gasteiger partial charge in [-0.25, -0.2) is 4.79 Å². The first-order valence-electron chi connectivity index (χ1n) is 8.91. The van der Waals surface area contributed by atoms with E-state index in [1.165, 1.54) is 25.7 Å². The lowest BCUT2D eigenvalue weighted by molar-refractivity contribution is -0.139. The third kappa shape index (κ3) is 7.13. The van der Waals surface area contributed by atoms with E-state index in [9.17, 15) is 9.59 Å². The summed E-state index contributed by atoms with van der Waals surface area (Å²) in [6.45, 7) is 1.75. The number of hydrogen-bond donors (Lipinski definition) is 2. The zero-order chi connectivity index (χ0) is 18.1. The van der Waals surface area contributed by atoms with Crippen molar-refractivity contribution < 1.29 is 24.2 Å². The molecule has 1 aromatic rings. The number of benzene rings is 1. The van der Waals surface area contributed by atoms with E-state index in [1.54, 1.807) is 25.1 Å². The molecule has 1 aromatic carbocycles. The van der Waals surface area contributed by atoms with Crippen molar-refractivity contribution in [2.24, 2.45) is 0 Å². The van der Waals surface area contributed by atoms with Gasteiger partial charge in [-0.05, 0) is 37.5 Å². The lowest BCUT2D eigenvalue weighted by atomic mass is 10.1. The van der Waals surface area contributed by atoms with Crippen LogP contribution < -0.4 is 10.1 Å². The van der Waals surface area contributed by atoms with Crippen LogP contribution in [-0.2, 0) is 20.9 Å². The number of carboxylic acids is 1. The van der Waals surface area contributed by atoms with Gasteiger partial charge in [0.05, 0.1) is 6.10 Å². The van der Waals surface area contributed by atoms with E-state index >= 15 is 0 Å². The molecule has 0 aromatic heterocycles. The van der Waals surface area contributed by atoms with Crippen LogP contribution in [0.15, 0.2) is 24.3 Å². The van der Waals surface area contributed by atoms with E-state index < -0.39 is 12.1 Å². The number of rotatable bonds is 8. The monoisotopic (exact) mass is 349 g/mol. The van der Waals surface area contributed by atoms with Crippen molar-refractivity contribution >= 4 is 11.9 Å². The van der Waals surface area contributed by atoms with Gasteiger partial charge < -0.3 is 19.9 Å². The van der Waals surface area contributed by atoms with Gasteiger partial charge in [0.1, 0.15) is 11.9 Å². The highest BCUT2D eigenvalue weighted by Gasteiger charge is 2.20. The zero-order valence-corrected chi connectivity index (χ0v) is 14.7. The Morgan fingerprint density at radius 3 is 2.64 bits per heavy atom. The maximum absolute atomic E-state index is 12.2. The van der Waals surface area contributed by atoms with Crippen LogP contribution in [0.5, 0.6) is 5.75 Å². The molecule has 0 saturated heterocycles. The first-order chi connectivity index (χ1) is 12.0. The summed E-state index contributed by atoms with van der Waals surface area (Å²) in [4.78, 5) is 22.8. The fourth-order valence-electron chi connectivity index (χ4n) is 2.95. The minimum Gasteiger partial charge on any atom is -0.482 e. The molecule has 1 atom stereocenters. The summed E-state index contributed by atoms with van der Waals surface area (Å²) in [7, 11) is 0. The van der Waals surface area contributed by atoms with Crippen molar-refractivity contribution in [3.05, 3.63) is 29.8 Å². The quantitative estimate of drug-likeness (QED) is 0.705. The summed E-state index contributed by atoms with van der Waals surface area (Å²) in [6.07, 6.45) is 6.60. The van der Waals surface area contributed by atoms with E-state index in [4.69, 9.17) is 14.6 Å². The maximum Gasteiger partial charge on any atom is 0.341 e. The molecule has 0 heterocycles. The Balaban J connectivity index is 1.78. The number of carbonyl (C=O) groups excluding carboxylic acids is 1. The highest BCUT2D eigenvalue weighted by molar-refractivity contribution is 5.80. The van der Waals surface area contributed by atoms with Crippen LogP contribution in [0.2, 0.25) is 0 Å². The van der Waals surface area contributed by atoms with Crippen LogP contribution in [0.3, 0.4) is 0 Å². The standard InChI is InChI=1S/C19H27NO5/c1-14(25-16-8-4-2-3-5-9-16)19(23)20-12-15-7-6-10-17(11-15)24-13-18(21)22/h6-7,10-11,14,16H,2-5,8-9,12-13H2,1H3,(H,20,23)(H,21,22). The second-order valence-electron chi connectivity index (χ2n) is 6.44. The van der Waals surface area contributed by atoms with Crippen molar-refractivity contribution in [1.82, 2.24) is 5.32 Å². The molecule has 1 amide bonds. The topological polar surface area (TPSA) is 84.9 Å². The van der Waals surface area contributed by atoms with Gasteiger partial charge in [-0.2, -0.15) is 0 Å². The summed E-state index contributed by atoms with van der Waals surface area (Å²) >= 11 is 0. The van der Waals surface area contributed by atoms with Gasteiger partial charge in [0.25, 0.3) is 0 Å². The lowest BCUT2D eigenvalue weighted by Crippen LogP contribution is -2.36. The number of carbonyl (C=O) groups is 2. The zero-order valence-electron chi connectivity index (χ0n) is 14.7. The van der Waals surface area contributed by atoms with E-state index in [2.05, 4.69) is 5.32 Å². The number of carboxylic acid groups (broad SMARTS) is 1. The molecule has 0 radical (unpaired) electrons. The largest absolute Gasteiger partial charge is 0.482 e. The fourth-order valence-corrected chi connectivity index (χ4v) is 2.95. The maximum atomic E-state index is 12.2. The molecule has 1 saturated carbocycles. The molecule has 0 aliphatic heterocycles. The molecule has 0 spiro atoms. The molecule has 1 fully saturated rings. The number of nitrogens with one attached hydrogen (secondary N) is 1. The average molecular weight is 349 g/mol. The van der Waals surface area contributed by atoms with E-state index in [0.717, 1.165) is 18.4 Å². The fraction of sp³-hybridized carbons (Fsp3) is 0.579. The van der Waals surface area contributed by atoms with Crippen molar-refractivity contribution in [3.8, 4) is 5.75 Å². The predicted molar refractivity (Wildman–Crippen MR) is 93.5 cm³/mol. The van der Waals surface area contributed by atoms with Crippen LogP contribution in [0.1, 0.15) is 51.0 Å². The van der Waals surface area contributed by atoms with Gasteiger partial charge in [-0.15, -0.1) is 0 Å². The average Bonchev–Trinajstić information content (AvgIpc) is 2.87. The summed E-state index contributed by atoms with van der Waals surface area (Å²) in [5.74, 6) is -0.693. The van der Waals surface area contributed by atoms with E-state index in [-0.39, 0.29) is 18.6 Å². The molecule has 2 N–H and O–H groups in total. The number of ether oxygens (including phenoxy) is 2. The molecule has 2 rings (SSSR count). The minimum absolute atomic E-state index is 0.138. The first-order valence-corrected chi connectivity index (χ1v) is 8.91.